The molecule has 0 spiro atoms. The Labute approximate surface area is 101 Å². The van der Waals surface area contributed by atoms with Crippen molar-refractivity contribution >= 4 is 12.6 Å². The van der Waals surface area contributed by atoms with Crippen molar-refractivity contribution in [2.45, 2.75) is 45.8 Å². The van der Waals surface area contributed by atoms with Crippen molar-refractivity contribution in [3.8, 4) is 0 Å². The van der Waals surface area contributed by atoms with Crippen LogP contribution in [0.25, 0.3) is 0 Å². The molecular weight excluding hydrogens is 220 g/mol. The Kier molecular flexibility index (Phi) is 2.79. The van der Waals surface area contributed by atoms with Crippen LogP contribution in [0.4, 0.5) is 4.39 Å². The van der Waals surface area contributed by atoms with Gasteiger partial charge in [-0.2, -0.15) is 0 Å². The average Bonchev–Trinajstić information content (AvgIpc) is 2.41. The van der Waals surface area contributed by atoms with Crippen LogP contribution in [0.5, 0.6) is 0 Å². The van der Waals surface area contributed by atoms with E-state index in [-0.39, 0.29) is 5.82 Å². The van der Waals surface area contributed by atoms with Crippen LogP contribution in [0.3, 0.4) is 0 Å². The minimum atomic E-state index is -0.553. The van der Waals surface area contributed by atoms with Crippen LogP contribution >= 0.6 is 0 Å². The zero-order valence-corrected chi connectivity index (χ0v) is 10.9. The maximum atomic E-state index is 13.4. The lowest BCUT2D eigenvalue weighted by Crippen LogP contribution is -2.41. The van der Waals surface area contributed by atoms with E-state index in [0.29, 0.717) is 11.2 Å². The van der Waals surface area contributed by atoms with Gasteiger partial charge in [0.05, 0.1) is 16.9 Å². The molecule has 0 radical (unpaired) electrons. The van der Waals surface area contributed by atoms with Gasteiger partial charge in [0.25, 0.3) is 0 Å². The molecule has 92 valence electrons. The van der Waals surface area contributed by atoms with Crippen LogP contribution in [0.1, 0.15) is 33.4 Å². The second-order valence-electron chi connectivity index (χ2n) is 5.42. The third kappa shape index (κ3) is 2.09. The molecule has 0 saturated carbocycles. The molecule has 0 bridgehead atoms. The van der Waals surface area contributed by atoms with Gasteiger partial charge in [-0.25, -0.2) is 4.39 Å². The molecule has 1 saturated heterocycles. The van der Waals surface area contributed by atoms with Crippen molar-refractivity contribution in [2.24, 2.45) is 0 Å². The van der Waals surface area contributed by atoms with Crippen molar-refractivity contribution in [1.82, 2.24) is 4.98 Å². The summed E-state index contributed by atoms with van der Waals surface area (Å²) in [5, 5.41) is 0. The summed E-state index contributed by atoms with van der Waals surface area (Å²) in [7, 11) is -0.553. The van der Waals surface area contributed by atoms with Gasteiger partial charge in [0.2, 0.25) is 0 Å². The molecule has 1 aliphatic heterocycles. The predicted molar refractivity (Wildman–Crippen MR) is 64.6 cm³/mol. The molecule has 0 N–H and O–H groups in total. The van der Waals surface area contributed by atoms with E-state index in [1.807, 2.05) is 27.7 Å². The van der Waals surface area contributed by atoms with Crippen molar-refractivity contribution in [3.63, 3.8) is 0 Å². The van der Waals surface area contributed by atoms with E-state index in [1.165, 1.54) is 6.07 Å². The highest BCUT2D eigenvalue weighted by Crippen LogP contribution is 2.36. The number of nitrogens with zero attached hydrogens (tertiary/aromatic N) is 1. The van der Waals surface area contributed by atoms with E-state index in [0.717, 1.165) is 0 Å². The molecule has 0 atom stereocenters. The molecule has 1 aromatic rings. The molecule has 0 aromatic carbocycles. The lowest BCUT2D eigenvalue weighted by Gasteiger charge is -2.32. The van der Waals surface area contributed by atoms with Crippen molar-refractivity contribution in [2.75, 3.05) is 0 Å². The van der Waals surface area contributed by atoms with Crippen molar-refractivity contribution in [1.29, 1.82) is 0 Å². The minimum absolute atomic E-state index is 0.336. The van der Waals surface area contributed by atoms with Gasteiger partial charge in [0, 0.05) is 11.7 Å². The first-order valence-corrected chi connectivity index (χ1v) is 5.71. The molecule has 0 aliphatic carbocycles. The number of aryl methyl sites for hydroxylation is 1. The molecule has 17 heavy (non-hydrogen) atoms. The fourth-order valence-electron chi connectivity index (χ4n) is 1.63. The highest BCUT2D eigenvalue weighted by molar-refractivity contribution is 6.62. The summed E-state index contributed by atoms with van der Waals surface area (Å²) in [4.78, 5) is 3.98. The summed E-state index contributed by atoms with van der Waals surface area (Å²) in [6, 6.07) is 1.42. The van der Waals surface area contributed by atoms with Crippen LogP contribution in [0.15, 0.2) is 12.3 Å². The highest BCUT2D eigenvalue weighted by atomic mass is 19.1. The summed E-state index contributed by atoms with van der Waals surface area (Å²) in [6.45, 7) is 9.48. The molecular formula is C12H17BFNO2. The number of hydrogen-bond acceptors (Lipinski definition) is 3. The Balaban J connectivity index is 2.29. The fraction of sp³-hybridized carbons (Fsp3) is 0.583. The molecule has 2 heterocycles. The maximum absolute atomic E-state index is 13.4. The molecule has 1 aromatic heterocycles. The smallest absolute Gasteiger partial charge is 0.399 e. The zero-order valence-electron chi connectivity index (χ0n) is 10.9. The fourth-order valence-corrected chi connectivity index (χ4v) is 1.63. The molecule has 1 fully saturated rings. The number of hydrogen-bond donors (Lipinski definition) is 0. The standard InChI is InChI=1S/C12H17BFNO2/c1-8-10(14)6-9(7-15-8)13-16-11(2,3)12(4,5)17-13/h6-7H,1-5H3. The maximum Gasteiger partial charge on any atom is 0.496 e. The molecule has 5 heteroatoms. The topological polar surface area (TPSA) is 31.4 Å². The second kappa shape index (κ2) is 3.78. The molecule has 0 amide bonds. The summed E-state index contributed by atoms with van der Waals surface area (Å²) in [6.07, 6.45) is 1.60. The summed E-state index contributed by atoms with van der Waals surface area (Å²) in [5.41, 5.74) is 0.162. The van der Waals surface area contributed by atoms with Crippen LogP contribution in [-0.2, 0) is 9.31 Å². The molecule has 2 rings (SSSR count). The molecule has 3 nitrogen and oxygen atoms in total. The largest absolute Gasteiger partial charge is 0.496 e. The third-order valence-electron chi connectivity index (χ3n) is 3.57. The number of halogens is 1. The van der Waals surface area contributed by atoms with E-state index in [9.17, 15) is 4.39 Å². The first-order valence-electron chi connectivity index (χ1n) is 5.71. The quantitative estimate of drug-likeness (QED) is 0.698. The van der Waals surface area contributed by atoms with Crippen molar-refractivity contribution in [3.05, 3.63) is 23.8 Å². The SMILES string of the molecule is Cc1ncc(B2OC(C)(C)C(C)(C)O2)cc1F. The Bertz CT molecular complexity index is 432. The first-order chi connectivity index (χ1) is 7.73. The summed E-state index contributed by atoms with van der Waals surface area (Å²) >= 11 is 0. The van der Waals surface area contributed by atoms with Crippen LogP contribution < -0.4 is 5.46 Å². The van der Waals surface area contributed by atoms with Gasteiger partial charge in [-0.05, 0) is 40.7 Å². The van der Waals surface area contributed by atoms with Gasteiger partial charge in [-0.1, -0.05) is 0 Å². The number of aromatic nitrogens is 1. The minimum Gasteiger partial charge on any atom is -0.399 e. The lowest BCUT2D eigenvalue weighted by molar-refractivity contribution is 0.00578. The Hall–Kier alpha value is -0.935. The van der Waals surface area contributed by atoms with Gasteiger partial charge in [0.1, 0.15) is 5.82 Å². The van der Waals surface area contributed by atoms with E-state index in [2.05, 4.69) is 4.98 Å². The van der Waals surface area contributed by atoms with E-state index >= 15 is 0 Å². The van der Waals surface area contributed by atoms with E-state index in [4.69, 9.17) is 9.31 Å². The van der Waals surface area contributed by atoms with Gasteiger partial charge in [-0.3, -0.25) is 4.98 Å². The normalized spacial score (nSPS) is 21.9. The van der Waals surface area contributed by atoms with E-state index < -0.39 is 18.3 Å². The van der Waals surface area contributed by atoms with Crippen LogP contribution in [0, 0.1) is 12.7 Å². The number of pyridine rings is 1. The summed E-state index contributed by atoms with van der Waals surface area (Å²) < 4.78 is 25.1. The lowest BCUT2D eigenvalue weighted by atomic mass is 9.80. The second-order valence-corrected chi connectivity index (χ2v) is 5.42. The van der Waals surface area contributed by atoms with Crippen LogP contribution in [0.2, 0.25) is 0 Å². The Morgan fingerprint density at radius 3 is 2.18 bits per heavy atom. The third-order valence-corrected chi connectivity index (χ3v) is 3.57. The van der Waals surface area contributed by atoms with Crippen LogP contribution in [-0.4, -0.2) is 23.3 Å². The van der Waals surface area contributed by atoms with Crippen molar-refractivity contribution < 1.29 is 13.7 Å². The zero-order chi connectivity index (χ0) is 12.8. The first kappa shape index (κ1) is 12.5. The van der Waals surface area contributed by atoms with Gasteiger partial charge < -0.3 is 9.31 Å². The highest BCUT2D eigenvalue weighted by Gasteiger charge is 2.51. The van der Waals surface area contributed by atoms with Gasteiger partial charge >= 0.3 is 7.12 Å². The predicted octanol–water partition coefficient (Wildman–Crippen LogP) is 1.83. The monoisotopic (exact) mass is 237 g/mol. The summed E-state index contributed by atoms with van der Waals surface area (Å²) in [5.74, 6) is -0.336. The molecule has 1 aliphatic rings. The molecule has 0 unspecified atom stereocenters. The number of rotatable bonds is 1. The Morgan fingerprint density at radius 2 is 1.71 bits per heavy atom. The van der Waals surface area contributed by atoms with E-state index in [1.54, 1.807) is 13.1 Å². The van der Waals surface area contributed by atoms with Gasteiger partial charge in [0.15, 0.2) is 0 Å². The Morgan fingerprint density at radius 1 is 1.18 bits per heavy atom. The average molecular weight is 237 g/mol. The van der Waals surface area contributed by atoms with Gasteiger partial charge in [-0.15, -0.1) is 0 Å².